The lowest BCUT2D eigenvalue weighted by atomic mass is 10.1. The summed E-state index contributed by atoms with van der Waals surface area (Å²) < 4.78 is 7.75. The molecule has 0 bridgehead atoms. The maximum atomic E-state index is 12.4. The molecule has 0 unspecified atom stereocenters. The van der Waals surface area contributed by atoms with E-state index in [1.54, 1.807) is 18.2 Å². The minimum Gasteiger partial charge on any atom is -0.508 e. The van der Waals surface area contributed by atoms with Crippen molar-refractivity contribution < 1.29 is 14.6 Å². The van der Waals surface area contributed by atoms with E-state index in [0.717, 1.165) is 24.0 Å². The second-order valence-electron chi connectivity index (χ2n) is 6.26. The van der Waals surface area contributed by atoms with Crippen LogP contribution in [0.25, 0.3) is 6.08 Å². The second kappa shape index (κ2) is 10.4. The normalized spacial score (nSPS) is 10.9. The van der Waals surface area contributed by atoms with Crippen LogP contribution in [0.4, 0.5) is 5.69 Å². The molecule has 0 radical (unpaired) electrons. The highest BCUT2D eigenvalue weighted by atomic mass is 127. The molecule has 0 spiro atoms. The van der Waals surface area contributed by atoms with E-state index >= 15 is 0 Å². The number of nitrogens with zero attached hydrogens (tertiary/aromatic N) is 1. The number of rotatable bonds is 6. The number of nitrogens with one attached hydrogen (secondary N) is 1. The molecule has 7 heteroatoms. The number of carbonyl (C=O) groups is 1. The number of nitriles is 1. The molecule has 1 amide bonds. The Morgan fingerprint density at radius 3 is 2.30 bits per heavy atom. The first-order chi connectivity index (χ1) is 14.5. The van der Waals surface area contributed by atoms with Crippen LogP contribution < -0.4 is 10.1 Å². The molecule has 0 atom stereocenters. The van der Waals surface area contributed by atoms with Crippen LogP contribution >= 0.6 is 45.2 Å². The van der Waals surface area contributed by atoms with E-state index in [9.17, 15) is 15.2 Å². The number of hydrogen-bond acceptors (Lipinski definition) is 4. The number of amides is 1. The summed E-state index contributed by atoms with van der Waals surface area (Å²) in [6.45, 7) is 0.459. The van der Waals surface area contributed by atoms with Gasteiger partial charge in [-0.1, -0.05) is 30.3 Å². The van der Waals surface area contributed by atoms with Crippen LogP contribution in [0, 0.1) is 18.5 Å². The predicted molar refractivity (Wildman–Crippen MR) is 133 cm³/mol. The van der Waals surface area contributed by atoms with Gasteiger partial charge >= 0.3 is 0 Å². The topological polar surface area (TPSA) is 82.3 Å². The van der Waals surface area contributed by atoms with E-state index in [1.807, 2.05) is 48.5 Å². The van der Waals surface area contributed by atoms with Crippen molar-refractivity contribution in [3.8, 4) is 17.6 Å². The van der Waals surface area contributed by atoms with Crippen molar-refractivity contribution in [2.24, 2.45) is 0 Å². The van der Waals surface area contributed by atoms with Gasteiger partial charge < -0.3 is 15.2 Å². The summed E-state index contributed by atoms with van der Waals surface area (Å²) in [7, 11) is 0. The van der Waals surface area contributed by atoms with Gasteiger partial charge in [0.05, 0.1) is 7.14 Å². The van der Waals surface area contributed by atoms with E-state index in [0.29, 0.717) is 12.3 Å². The molecule has 3 aromatic carbocycles. The Morgan fingerprint density at radius 1 is 1.07 bits per heavy atom. The van der Waals surface area contributed by atoms with Crippen LogP contribution in [0.3, 0.4) is 0 Å². The highest BCUT2D eigenvalue weighted by Crippen LogP contribution is 2.30. The first-order valence-electron chi connectivity index (χ1n) is 8.84. The Labute approximate surface area is 201 Å². The molecule has 0 fully saturated rings. The fourth-order valence-electron chi connectivity index (χ4n) is 2.59. The maximum Gasteiger partial charge on any atom is 0.266 e. The zero-order valence-corrected chi connectivity index (χ0v) is 19.9. The molecule has 3 rings (SSSR count). The van der Waals surface area contributed by atoms with Crippen molar-refractivity contribution in [3.05, 3.63) is 90.6 Å². The standard InChI is InChI=1S/C23H16I2N2O3/c24-20-11-16(12-21(25)22(20)30-14-15-4-2-1-3-5-15)10-17(13-26)23(29)27-18-6-8-19(28)9-7-18/h1-12,28H,14H2,(H,27,29)/b17-10+. The van der Waals surface area contributed by atoms with Crippen LogP contribution in [0.1, 0.15) is 11.1 Å². The monoisotopic (exact) mass is 622 g/mol. The van der Waals surface area contributed by atoms with Gasteiger partial charge in [0.1, 0.15) is 29.7 Å². The average Bonchev–Trinajstić information content (AvgIpc) is 2.73. The van der Waals surface area contributed by atoms with Gasteiger partial charge in [0.2, 0.25) is 0 Å². The fraction of sp³-hybridized carbons (Fsp3) is 0.0435. The zero-order valence-electron chi connectivity index (χ0n) is 15.6. The number of phenolic OH excluding ortho intramolecular Hbond substituents is 1. The highest BCUT2D eigenvalue weighted by molar-refractivity contribution is 14.1. The van der Waals surface area contributed by atoms with Crippen LogP contribution in [0.2, 0.25) is 0 Å². The Morgan fingerprint density at radius 2 is 1.70 bits per heavy atom. The van der Waals surface area contributed by atoms with E-state index in [1.165, 1.54) is 12.1 Å². The third-order valence-electron chi connectivity index (χ3n) is 4.05. The van der Waals surface area contributed by atoms with E-state index in [4.69, 9.17) is 4.74 Å². The van der Waals surface area contributed by atoms with E-state index < -0.39 is 5.91 Å². The van der Waals surface area contributed by atoms with Crippen LogP contribution in [-0.4, -0.2) is 11.0 Å². The second-order valence-corrected chi connectivity index (χ2v) is 8.58. The molecule has 2 N–H and O–H groups in total. The van der Waals surface area contributed by atoms with Crippen molar-refractivity contribution >= 4 is 62.9 Å². The van der Waals surface area contributed by atoms with Crippen LogP contribution in [-0.2, 0) is 11.4 Å². The van der Waals surface area contributed by atoms with Gasteiger partial charge in [0.25, 0.3) is 5.91 Å². The molecule has 30 heavy (non-hydrogen) atoms. The summed E-state index contributed by atoms with van der Waals surface area (Å²) in [5.41, 5.74) is 2.28. The van der Waals surface area contributed by atoms with Crippen LogP contribution in [0.5, 0.6) is 11.5 Å². The van der Waals surface area contributed by atoms with Gasteiger partial charge in [-0.2, -0.15) is 5.26 Å². The van der Waals surface area contributed by atoms with Crippen molar-refractivity contribution in [3.63, 3.8) is 0 Å². The highest BCUT2D eigenvalue weighted by Gasteiger charge is 2.13. The number of ether oxygens (including phenoxy) is 1. The molecule has 0 saturated heterocycles. The zero-order chi connectivity index (χ0) is 21.5. The molecular weight excluding hydrogens is 606 g/mol. The first kappa shape index (κ1) is 22.1. The summed E-state index contributed by atoms with van der Waals surface area (Å²) in [5.74, 6) is 0.352. The molecule has 0 heterocycles. The van der Waals surface area contributed by atoms with Gasteiger partial charge in [-0.15, -0.1) is 0 Å². The molecule has 0 aliphatic rings. The lowest BCUT2D eigenvalue weighted by molar-refractivity contribution is -0.112. The van der Waals surface area contributed by atoms with Gasteiger partial charge in [-0.05, 0) is 98.8 Å². The van der Waals surface area contributed by atoms with Gasteiger partial charge in [-0.25, -0.2) is 0 Å². The third kappa shape index (κ3) is 5.96. The smallest absolute Gasteiger partial charge is 0.266 e. The van der Waals surface area contributed by atoms with Gasteiger partial charge in [0.15, 0.2) is 0 Å². The number of aromatic hydroxyl groups is 1. The number of anilines is 1. The number of benzene rings is 3. The lowest BCUT2D eigenvalue weighted by Crippen LogP contribution is -2.13. The van der Waals surface area contributed by atoms with E-state index in [-0.39, 0.29) is 11.3 Å². The quantitative estimate of drug-likeness (QED) is 0.160. The van der Waals surface area contributed by atoms with Gasteiger partial charge in [-0.3, -0.25) is 4.79 Å². The maximum absolute atomic E-state index is 12.4. The molecule has 0 saturated carbocycles. The van der Waals surface area contributed by atoms with Crippen LogP contribution in [0.15, 0.2) is 72.3 Å². The summed E-state index contributed by atoms with van der Waals surface area (Å²) in [6, 6.07) is 21.6. The third-order valence-corrected chi connectivity index (χ3v) is 5.65. The van der Waals surface area contributed by atoms with Gasteiger partial charge in [0, 0.05) is 5.69 Å². The molecule has 0 aromatic heterocycles. The minimum absolute atomic E-state index is 0.0207. The summed E-state index contributed by atoms with van der Waals surface area (Å²) in [5, 5.41) is 21.4. The van der Waals surface area contributed by atoms with E-state index in [2.05, 4.69) is 50.5 Å². The lowest BCUT2D eigenvalue weighted by Gasteiger charge is -2.12. The summed E-state index contributed by atoms with van der Waals surface area (Å²) in [6.07, 6.45) is 1.54. The molecule has 0 aliphatic carbocycles. The summed E-state index contributed by atoms with van der Waals surface area (Å²) >= 11 is 4.37. The molecule has 0 aliphatic heterocycles. The number of hydrogen-bond donors (Lipinski definition) is 2. The number of phenols is 1. The predicted octanol–water partition coefficient (Wildman–Crippen LogP) is 5.73. The van der Waals surface area contributed by atoms with Crippen molar-refractivity contribution in [1.29, 1.82) is 5.26 Å². The first-order valence-corrected chi connectivity index (χ1v) is 11.0. The Bertz CT molecular complexity index is 1100. The average molecular weight is 622 g/mol. The fourth-order valence-corrected chi connectivity index (χ4v) is 4.72. The summed E-state index contributed by atoms with van der Waals surface area (Å²) in [4.78, 5) is 12.4. The Hall–Kier alpha value is -2.58. The molecule has 150 valence electrons. The molecular formula is C23H16I2N2O3. The minimum atomic E-state index is -0.516. The number of carbonyl (C=O) groups excluding carboxylic acids is 1. The van der Waals surface area contributed by atoms with Crippen molar-refractivity contribution in [2.45, 2.75) is 6.61 Å². The Kier molecular flexibility index (Phi) is 7.70. The van der Waals surface area contributed by atoms with Crippen molar-refractivity contribution in [2.75, 3.05) is 5.32 Å². The molecule has 5 nitrogen and oxygen atoms in total. The SMILES string of the molecule is N#C/C(=C\c1cc(I)c(OCc2ccccc2)c(I)c1)C(=O)Nc1ccc(O)cc1. The Balaban J connectivity index is 1.76. The molecule has 3 aromatic rings. The number of halogens is 2. The largest absolute Gasteiger partial charge is 0.508 e. The van der Waals surface area contributed by atoms with Crippen molar-refractivity contribution in [1.82, 2.24) is 0 Å².